The van der Waals surface area contributed by atoms with Crippen LogP contribution in [0.5, 0.6) is 0 Å². The molecule has 3 aromatic rings. The van der Waals surface area contributed by atoms with Crippen molar-refractivity contribution in [1.29, 1.82) is 0 Å². The number of hydrogen-bond acceptors (Lipinski definition) is 7. The van der Waals surface area contributed by atoms with Crippen molar-refractivity contribution >= 4 is 29.9 Å². The molecule has 0 amide bonds. The predicted octanol–water partition coefficient (Wildman–Crippen LogP) is 5.61. The van der Waals surface area contributed by atoms with Crippen LogP contribution in [0.3, 0.4) is 0 Å². The van der Waals surface area contributed by atoms with Crippen LogP contribution in [0.25, 0.3) is 0 Å². The van der Waals surface area contributed by atoms with Gasteiger partial charge in [-0.1, -0.05) is 0 Å². The van der Waals surface area contributed by atoms with Crippen LogP contribution in [0.4, 0.5) is 26.1 Å². The highest BCUT2D eigenvalue weighted by atomic mass is 19.1. The van der Waals surface area contributed by atoms with Crippen LogP contribution in [0.1, 0.15) is 73.6 Å². The van der Waals surface area contributed by atoms with Gasteiger partial charge in [-0.25, -0.2) is 9.37 Å². The molecule has 1 aliphatic heterocycles. The Bertz CT molecular complexity index is 1460. The van der Waals surface area contributed by atoms with E-state index < -0.39 is 11.8 Å². The quantitative estimate of drug-likeness (QED) is 0.218. The summed E-state index contributed by atoms with van der Waals surface area (Å²) in [5.74, 6) is 0.376. The fraction of sp³-hybridized carbons (Fsp3) is 0.433. The first kappa shape index (κ1) is 26.4. The summed E-state index contributed by atoms with van der Waals surface area (Å²) in [5.41, 5.74) is 4.02. The summed E-state index contributed by atoms with van der Waals surface area (Å²) in [6, 6.07) is 4.91. The van der Waals surface area contributed by atoms with Crippen molar-refractivity contribution in [2.24, 2.45) is 9.98 Å². The van der Waals surface area contributed by atoms with Gasteiger partial charge < -0.3 is 15.5 Å². The number of piperazine rings is 1. The molecular formula is C30H34F2N8. The molecule has 8 nitrogen and oxygen atoms in total. The number of pyridine rings is 3. The minimum absolute atomic E-state index is 0.0726. The van der Waals surface area contributed by atoms with Gasteiger partial charge in [-0.15, -0.1) is 0 Å². The third-order valence-electron chi connectivity index (χ3n) is 7.69. The molecule has 0 unspecified atom stereocenters. The molecule has 4 heterocycles. The number of aromatic nitrogens is 3. The summed E-state index contributed by atoms with van der Waals surface area (Å²) in [6.07, 6.45) is 9.31. The van der Waals surface area contributed by atoms with Crippen molar-refractivity contribution in [3.05, 3.63) is 70.8 Å². The third-order valence-corrected chi connectivity index (χ3v) is 7.69. The fourth-order valence-electron chi connectivity index (χ4n) is 5.37. The Labute approximate surface area is 233 Å². The zero-order valence-corrected chi connectivity index (χ0v) is 22.9. The predicted molar refractivity (Wildman–Crippen MR) is 153 cm³/mol. The molecule has 2 N–H and O–H groups in total. The van der Waals surface area contributed by atoms with Crippen molar-refractivity contribution in [2.75, 3.05) is 25.0 Å². The number of aliphatic imine (C=N–C) groups is 2. The average molecular weight is 545 g/mol. The summed E-state index contributed by atoms with van der Waals surface area (Å²) in [7, 11) is 0. The Morgan fingerprint density at radius 2 is 1.93 bits per heavy atom. The van der Waals surface area contributed by atoms with Crippen molar-refractivity contribution < 1.29 is 8.78 Å². The largest absolute Gasteiger partial charge is 0.353 e. The first-order valence-corrected chi connectivity index (χ1v) is 13.9. The molecule has 0 atom stereocenters. The monoisotopic (exact) mass is 544 g/mol. The lowest BCUT2D eigenvalue weighted by atomic mass is 9.98. The number of amidine groups is 1. The zero-order valence-electron chi connectivity index (χ0n) is 22.9. The van der Waals surface area contributed by atoms with Crippen molar-refractivity contribution in [3.8, 4) is 0 Å². The summed E-state index contributed by atoms with van der Waals surface area (Å²) in [5, 5.41) is 6.42. The minimum Gasteiger partial charge on any atom is -0.353 e. The summed E-state index contributed by atoms with van der Waals surface area (Å²) >= 11 is 0. The molecule has 1 saturated heterocycles. The Kier molecular flexibility index (Phi) is 7.04. The molecule has 10 heteroatoms. The second-order valence-electron chi connectivity index (χ2n) is 11.6. The van der Waals surface area contributed by atoms with E-state index in [1.807, 2.05) is 12.3 Å². The second kappa shape index (κ2) is 10.6. The third kappa shape index (κ3) is 5.72. The number of hydrogen-bond donors (Lipinski definition) is 2. The fourth-order valence-corrected chi connectivity index (χ4v) is 5.37. The van der Waals surface area contributed by atoms with Gasteiger partial charge in [0.25, 0.3) is 0 Å². The number of nitrogens with zero attached hydrogens (tertiary/aromatic N) is 6. The molecule has 2 aliphatic carbocycles. The van der Waals surface area contributed by atoms with Gasteiger partial charge in [0.1, 0.15) is 11.7 Å². The normalized spacial score (nSPS) is 19.0. The van der Waals surface area contributed by atoms with Crippen LogP contribution in [-0.4, -0.2) is 57.6 Å². The van der Waals surface area contributed by atoms with Gasteiger partial charge in [0.05, 0.1) is 18.4 Å². The molecule has 40 heavy (non-hydrogen) atoms. The van der Waals surface area contributed by atoms with E-state index in [0.29, 0.717) is 23.8 Å². The number of halogens is 2. The highest BCUT2D eigenvalue weighted by Gasteiger charge is 2.34. The van der Waals surface area contributed by atoms with Crippen LogP contribution < -0.4 is 10.6 Å². The number of rotatable bonds is 8. The van der Waals surface area contributed by atoms with Crippen LogP contribution >= 0.6 is 0 Å². The molecule has 3 fully saturated rings. The molecule has 3 aliphatic rings. The standard InChI is InChI=1S/C30H34F2N8/c1-30(2)17-40(11-10-37-30)29(26-22(20-6-7-20)15-34-16-24(26)33-3)36-14-18-8-9-35-25(12-18)38-28-23(31)13-21(19-4-5-19)27(32)39-28/h8-9,12-13,15-16,19-20,37H,3-7,10-11,14,17H2,1-2H3,(H,35,38,39)/b36-29+. The van der Waals surface area contributed by atoms with Crippen LogP contribution in [-0.2, 0) is 6.54 Å². The molecule has 2 saturated carbocycles. The summed E-state index contributed by atoms with van der Waals surface area (Å²) in [4.78, 5) is 24.4. The highest BCUT2D eigenvalue weighted by Crippen LogP contribution is 2.44. The Balaban J connectivity index is 1.31. The number of nitrogens with one attached hydrogen (secondary N) is 2. The van der Waals surface area contributed by atoms with Gasteiger partial charge in [-0.05, 0) is 87.4 Å². The van der Waals surface area contributed by atoms with E-state index in [0.717, 1.165) is 73.5 Å². The SMILES string of the molecule is C=Nc1cncc(C2CC2)c1/C(=N\Cc1ccnc(Nc2nc(F)c(C3CC3)cc2F)c1)N1CCNC(C)(C)C1. The topological polar surface area (TPSA) is 90.7 Å². The molecule has 3 aromatic heterocycles. The van der Waals surface area contributed by atoms with Gasteiger partial charge in [0, 0.05) is 48.7 Å². The molecular weight excluding hydrogens is 510 g/mol. The van der Waals surface area contributed by atoms with Gasteiger partial charge in [0.15, 0.2) is 11.6 Å². The highest BCUT2D eigenvalue weighted by molar-refractivity contribution is 6.04. The van der Waals surface area contributed by atoms with Gasteiger partial charge >= 0.3 is 0 Å². The lowest BCUT2D eigenvalue weighted by Gasteiger charge is -2.41. The van der Waals surface area contributed by atoms with Crippen molar-refractivity contribution in [2.45, 2.75) is 63.5 Å². The van der Waals surface area contributed by atoms with E-state index in [9.17, 15) is 8.78 Å². The van der Waals surface area contributed by atoms with E-state index in [-0.39, 0.29) is 17.3 Å². The molecule has 0 radical (unpaired) electrons. The van der Waals surface area contributed by atoms with Crippen LogP contribution in [0.15, 0.2) is 46.8 Å². The minimum atomic E-state index is -0.633. The molecule has 0 aromatic carbocycles. The summed E-state index contributed by atoms with van der Waals surface area (Å²) < 4.78 is 29.2. The maximum absolute atomic E-state index is 14.7. The van der Waals surface area contributed by atoms with Crippen LogP contribution in [0.2, 0.25) is 0 Å². The van der Waals surface area contributed by atoms with E-state index >= 15 is 0 Å². The van der Waals surface area contributed by atoms with E-state index in [1.165, 1.54) is 6.07 Å². The maximum Gasteiger partial charge on any atom is 0.218 e. The van der Waals surface area contributed by atoms with Gasteiger partial charge in [-0.2, -0.15) is 9.37 Å². The maximum atomic E-state index is 14.7. The number of anilines is 2. The van der Waals surface area contributed by atoms with Crippen molar-refractivity contribution in [1.82, 2.24) is 25.2 Å². The lowest BCUT2D eigenvalue weighted by molar-refractivity contribution is 0.225. The van der Waals surface area contributed by atoms with E-state index in [4.69, 9.17) is 4.99 Å². The first-order valence-electron chi connectivity index (χ1n) is 13.9. The van der Waals surface area contributed by atoms with Crippen molar-refractivity contribution in [3.63, 3.8) is 0 Å². The lowest BCUT2D eigenvalue weighted by Crippen LogP contribution is -2.58. The smallest absolute Gasteiger partial charge is 0.218 e. The first-order chi connectivity index (χ1) is 19.3. The van der Waals surface area contributed by atoms with Gasteiger partial charge in [0.2, 0.25) is 5.95 Å². The average Bonchev–Trinajstić information content (AvgIpc) is 3.85. The Morgan fingerprint density at radius 3 is 2.65 bits per heavy atom. The molecule has 0 spiro atoms. The van der Waals surface area contributed by atoms with Crippen LogP contribution in [0, 0.1) is 11.8 Å². The van der Waals surface area contributed by atoms with Gasteiger partial charge in [-0.3, -0.25) is 15.0 Å². The Hall–Kier alpha value is -3.79. The molecule has 208 valence electrons. The van der Waals surface area contributed by atoms with E-state index in [1.54, 1.807) is 18.5 Å². The summed E-state index contributed by atoms with van der Waals surface area (Å²) in [6.45, 7) is 11.0. The molecule has 0 bridgehead atoms. The Morgan fingerprint density at radius 1 is 1.15 bits per heavy atom. The zero-order chi connectivity index (χ0) is 27.9. The van der Waals surface area contributed by atoms with E-state index in [2.05, 4.69) is 56.0 Å². The second-order valence-corrected chi connectivity index (χ2v) is 11.6. The molecule has 6 rings (SSSR count).